The monoisotopic (exact) mass is 317 g/mol. The van der Waals surface area contributed by atoms with E-state index in [0.29, 0.717) is 6.54 Å². The molecule has 1 heterocycles. The molecule has 0 atom stereocenters. The van der Waals surface area contributed by atoms with Crippen LogP contribution in [-0.2, 0) is 4.79 Å². The van der Waals surface area contributed by atoms with Crippen LogP contribution in [0.1, 0.15) is 44.6 Å². The third-order valence-corrected chi connectivity index (χ3v) is 3.87. The summed E-state index contributed by atoms with van der Waals surface area (Å²) in [4.78, 5) is 14.0. The van der Waals surface area contributed by atoms with Crippen molar-refractivity contribution < 1.29 is 9.53 Å². The van der Waals surface area contributed by atoms with Gasteiger partial charge in [0.2, 0.25) is 0 Å². The Morgan fingerprint density at radius 1 is 1.26 bits per heavy atom. The number of carbonyl (C=O) groups is 1. The lowest BCUT2D eigenvalue weighted by molar-refractivity contribution is -0.122. The first kappa shape index (κ1) is 17.5. The highest BCUT2D eigenvalue weighted by Gasteiger charge is 2.12. The third-order valence-electron chi connectivity index (χ3n) is 3.87. The maximum atomic E-state index is 11.8. The Morgan fingerprint density at radius 3 is 2.70 bits per heavy atom. The first-order valence-corrected chi connectivity index (χ1v) is 8.55. The Morgan fingerprint density at radius 2 is 2.00 bits per heavy atom. The molecular weight excluding hydrogens is 290 g/mol. The molecule has 23 heavy (non-hydrogen) atoms. The Labute approximate surface area is 138 Å². The van der Waals surface area contributed by atoms with Crippen LogP contribution in [0.25, 0.3) is 0 Å². The Hall–Kier alpha value is -1.88. The minimum atomic E-state index is -0.0531. The number of benzene rings is 1. The van der Waals surface area contributed by atoms with E-state index in [4.69, 9.17) is 4.74 Å². The molecule has 0 aromatic heterocycles. The zero-order chi connectivity index (χ0) is 16.3. The van der Waals surface area contributed by atoms with Crippen LogP contribution in [0.4, 0.5) is 0 Å². The summed E-state index contributed by atoms with van der Waals surface area (Å²) in [5.41, 5.74) is 3.53. The predicted molar refractivity (Wildman–Crippen MR) is 92.9 cm³/mol. The van der Waals surface area contributed by atoms with Gasteiger partial charge in [-0.1, -0.05) is 19.8 Å². The number of piperidine rings is 1. The Bertz CT molecular complexity index is 493. The molecule has 1 aromatic carbocycles. The number of amides is 1. The van der Waals surface area contributed by atoms with E-state index in [9.17, 15) is 4.79 Å². The number of hydrogen-bond donors (Lipinski definition) is 1. The van der Waals surface area contributed by atoms with Crippen LogP contribution in [0.15, 0.2) is 29.4 Å². The molecule has 1 aromatic rings. The minimum absolute atomic E-state index is 0.0531. The van der Waals surface area contributed by atoms with Crippen LogP contribution < -0.4 is 10.2 Å². The molecule has 0 bridgehead atoms. The van der Waals surface area contributed by atoms with E-state index in [1.807, 2.05) is 24.3 Å². The van der Waals surface area contributed by atoms with Crippen molar-refractivity contribution >= 4 is 12.1 Å². The molecule has 1 fully saturated rings. The molecule has 5 heteroatoms. The zero-order valence-electron chi connectivity index (χ0n) is 14.0. The summed E-state index contributed by atoms with van der Waals surface area (Å²) < 4.78 is 5.61. The number of carbonyl (C=O) groups excluding carboxylic acids is 1. The summed E-state index contributed by atoms with van der Waals surface area (Å²) in [6.45, 7) is 5.34. The number of hydrogen-bond acceptors (Lipinski definition) is 4. The molecule has 0 spiro atoms. The highest BCUT2D eigenvalue weighted by molar-refractivity contribution is 5.83. The summed E-state index contributed by atoms with van der Waals surface area (Å²) in [6.07, 6.45) is 7.49. The van der Waals surface area contributed by atoms with E-state index < -0.39 is 0 Å². The van der Waals surface area contributed by atoms with Gasteiger partial charge in [0.05, 0.1) is 19.4 Å². The standard InChI is InChI=1S/C18H27N3O2/c1-2-3-13-23-17-9-7-16(8-10-17)14-19-20-18(22)15-21-11-5-4-6-12-21/h7-10,14H,2-6,11-13,15H2,1H3,(H,20,22)/b19-14-. The second kappa shape index (κ2) is 10.0. The number of ether oxygens (including phenoxy) is 1. The fraction of sp³-hybridized carbons (Fsp3) is 0.556. The molecule has 0 unspecified atom stereocenters. The minimum Gasteiger partial charge on any atom is -0.494 e. The van der Waals surface area contributed by atoms with E-state index in [-0.39, 0.29) is 5.91 Å². The molecule has 1 aliphatic heterocycles. The van der Waals surface area contributed by atoms with Crippen LogP contribution in [0, 0.1) is 0 Å². The fourth-order valence-corrected chi connectivity index (χ4v) is 2.52. The van der Waals surface area contributed by atoms with E-state index in [1.54, 1.807) is 6.21 Å². The summed E-state index contributed by atoms with van der Waals surface area (Å²) in [5.74, 6) is 0.812. The van der Waals surface area contributed by atoms with Gasteiger partial charge in [-0.25, -0.2) is 5.43 Å². The molecular formula is C18H27N3O2. The van der Waals surface area contributed by atoms with Gasteiger partial charge in [-0.15, -0.1) is 0 Å². The Kier molecular flexibility index (Phi) is 7.60. The van der Waals surface area contributed by atoms with Gasteiger partial charge in [-0.3, -0.25) is 9.69 Å². The molecule has 0 saturated carbocycles. The maximum Gasteiger partial charge on any atom is 0.254 e. The van der Waals surface area contributed by atoms with Crippen molar-refractivity contribution in [2.45, 2.75) is 39.0 Å². The van der Waals surface area contributed by atoms with Crippen molar-refractivity contribution in [2.24, 2.45) is 5.10 Å². The third kappa shape index (κ3) is 6.82. The number of hydrazone groups is 1. The number of rotatable bonds is 8. The SMILES string of the molecule is CCCCOc1ccc(/C=N\NC(=O)CN2CCCCC2)cc1. The first-order chi connectivity index (χ1) is 11.3. The van der Waals surface area contributed by atoms with Gasteiger partial charge >= 0.3 is 0 Å². The van der Waals surface area contributed by atoms with Crippen LogP contribution in [-0.4, -0.2) is 43.3 Å². The smallest absolute Gasteiger partial charge is 0.254 e. The maximum absolute atomic E-state index is 11.8. The molecule has 1 saturated heterocycles. The van der Waals surface area contributed by atoms with Crippen LogP contribution >= 0.6 is 0 Å². The summed E-state index contributed by atoms with van der Waals surface area (Å²) in [6, 6.07) is 7.71. The van der Waals surface area contributed by atoms with Crippen molar-refractivity contribution in [3.05, 3.63) is 29.8 Å². The van der Waals surface area contributed by atoms with E-state index in [1.165, 1.54) is 19.3 Å². The van der Waals surface area contributed by atoms with E-state index in [0.717, 1.165) is 43.9 Å². The van der Waals surface area contributed by atoms with Gasteiger partial charge in [0.15, 0.2) is 0 Å². The van der Waals surface area contributed by atoms with Crippen molar-refractivity contribution in [3.8, 4) is 5.75 Å². The molecule has 126 valence electrons. The average molecular weight is 317 g/mol. The second-order valence-corrected chi connectivity index (χ2v) is 5.90. The molecule has 1 amide bonds. The van der Waals surface area contributed by atoms with Crippen LogP contribution in [0.3, 0.4) is 0 Å². The molecule has 1 aliphatic rings. The topological polar surface area (TPSA) is 53.9 Å². The molecule has 5 nitrogen and oxygen atoms in total. The van der Waals surface area contributed by atoms with Gasteiger partial charge < -0.3 is 4.74 Å². The van der Waals surface area contributed by atoms with E-state index >= 15 is 0 Å². The molecule has 0 radical (unpaired) electrons. The molecule has 1 N–H and O–H groups in total. The average Bonchev–Trinajstić information content (AvgIpc) is 2.57. The highest BCUT2D eigenvalue weighted by Crippen LogP contribution is 2.11. The van der Waals surface area contributed by atoms with Gasteiger partial charge in [-0.2, -0.15) is 5.10 Å². The number of likely N-dealkylation sites (tertiary alicyclic amines) is 1. The quantitative estimate of drug-likeness (QED) is 0.456. The molecule has 0 aliphatic carbocycles. The van der Waals surface area contributed by atoms with Crippen LogP contribution in [0.5, 0.6) is 5.75 Å². The fourth-order valence-electron chi connectivity index (χ4n) is 2.52. The van der Waals surface area contributed by atoms with Gasteiger partial charge in [0, 0.05) is 0 Å². The van der Waals surface area contributed by atoms with Gasteiger partial charge in [0.1, 0.15) is 5.75 Å². The van der Waals surface area contributed by atoms with Crippen LogP contribution in [0.2, 0.25) is 0 Å². The normalized spacial score (nSPS) is 15.7. The van der Waals surface area contributed by atoms with Crippen molar-refractivity contribution in [1.29, 1.82) is 0 Å². The Balaban J connectivity index is 1.70. The highest BCUT2D eigenvalue weighted by atomic mass is 16.5. The van der Waals surface area contributed by atoms with Crippen molar-refractivity contribution in [3.63, 3.8) is 0 Å². The second-order valence-electron chi connectivity index (χ2n) is 5.90. The number of nitrogens with one attached hydrogen (secondary N) is 1. The summed E-state index contributed by atoms with van der Waals surface area (Å²) >= 11 is 0. The molecule has 2 rings (SSSR count). The number of unbranched alkanes of at least 4 members (excludes halogenated alkanes) is 1. The zero-order valence-corrected chi connectivity index (χ0v) is 14.0. The lowest BCUT2D eigenvalue weighted by Gasteiger charge is -2.25. The lowest BCUT2D eigenvalue weighted by atomic mass is 10.1. The summed E-state index contributed by atoms with van der Waals surface area (Å²) in [7, 11) is 0. The van der Waals surface area contributed by atoms with E-state index in [2.05, 4.69) is 22.4 Å². The van der Waals surface area contributed by atoms with Gasteiger partial charge in [-0.05, 0) is 62.2 Å². The predicted octanol–water partition coefficient (Wildman–Crippen LogP) is 2.80. The largest absolute Gasteiger partial charge is 0.494 e. The first-order valence-electron chi connectivity index (χ1n) is 8.55. The summed E-state index contributed by atoms with van der Waals surface area (Å²) in [5, 5.41) is 4.02. The van der Waals surface area contributed by atoms with Crippen molar-refractivity contribution in [2.75, 3.05) is 26.2 Å². The number of nitrogens with zero attached hydrogens (tertiary/aromatic N) is 2. The lowest BCUT2D eigenvalue weighted by Crippen LogP contribution is -2.38. The van der Waals surface area contributed by atoms with Crippen molar-refractivity contribution in [1.82, 2.24) is 10.3 Å². The van der Waals surface area contributed by atoms with Gasteiger partial charge in [0.25, 0.3) is 5.91 Å².